The summed E-state index contributed by atoms with van der Waals surface area (Å²) in [5, 5.41) is 3.34. The zero-order valence-corrected chi connectivity index (χ0v) is 18.5. The van der Waals surface area contributed by atoms with Crippen LogP contribution in [0.15, 0.2) is 42.5 Å². The van der Waals surface area contributed by atoms with E-state index in [0.29, 0.717) is 43.1 Å². The maximum Gasteiger partial charge on any atom is 0.215 e. The van der Waals surface area contributed by atoms with Gasteiger partial charge in [0.25, 0.3) is 0 Å². The number of morpholine rings is 1. The molecule has 168 valence electrons. The Morgan fingerprint density at radius 3 is 2.62 bits per heavy atom. The van der Waals surface area contributed by atoms with E-state index in [1.807, 2.05) is 30.3 Å². The predicted octanol–water partition coefficient (Wildman–Crippen LogP) is 2.98. The van der Waals surface area contributed by atoms with Crippen molar-refractivity contribution in [1.82, 2.24) is 15.0 Å². The van der Waals surface area contributed by atoms with Crippen LogP contribution in [0.25, 0.3) is 11.4 Å². The Labute approximate surface area is 187 Å². The van der Waals surface area contributed by atoms with E-state index in [-0.39, 0.29) is 6.04 Å². The molecule has 0 bridgehead atoms. The Morgan fingerprint density at radius 1 is 1.09 bits per heavy atom. The summed E-state index contributed by atoms with van der Waals surface area (Å²) >= 11 is 0. The molecule has 3 aromatic rings. The molecule has 0 amide bonds. The second kappa shape index (κ2) is 9.69. The van der Waals surface area contributed by atoms with E-state index in [1.165, 1.54) is 0 Å². The van der Waals surface area contributed by atoms with Gasteiger partial charge in [0.2, 0.25) is 5.88 Å². The van der Waals surface area contributed by atoms with E-state index < -0.39 is 0 Å². The van der Waals surface area contributed by atoms with E-state index in [4.69, 9.17) is 24.9 Å². The Balaban J connectivity index is 1.60. The number of hydrogen-bond donors (Lipinski definition) is 2. The first kappa shape index (κ1) is 21.6. The van der Waals surface area contributed by atoms with Gasteiger partial charge in [0.1, 0.15) is 23.2 Å². The summed E-state index contributed by atoms with van der Waals surface area (Å²) in [4.78, 5) is 15.9. The molecule has 1 aliphatic heterocycles. The summed E-state index contributed by atoms with van der Waals surface area (Å²) < 4.78 is 16.2. The maximum absolute atomic E-state index is 6.13. The lowest BCUT2D eigenvalue weighted by Crippen LogP contribution is -2.44. The summed E-state index contributed by atoms with van der Waals surface area (Å²) in [6, 6.07) is 13.6. The Morgan fingerprint density at radius 2 is 1.91 bits per heavy atom. The minimum Gasteiger partial charge on any atom is -0.497 e. The number of ether oxygens (including phenoxy) is 3. The first-order chi connectivity index (χ1) is 15.6. The minimum absolute atomic E-state index is 0.208. The molecular weight excluding hydrogens is 408 g/mol. The second-order valence-corrected chi connectivity index (χ2v) is 7.58. The zero-order valence-electron chi connectivity index (χ0n) is 18.5. The number of aromatic nitrogens is 3. The van der Waals surface area contributed by atoms with Gasteiger partial charge < -0.3 is 30.2 Å². The predicted molar refractivity (Wildman–Crippen MR) is 124 cm³/mol. The molecule has 1 saturated heterocycles. The topological polar surface area (TPSA) is 108 Å². The number of nitrogens with two attached hydrogens (primary N) is 1. The molecule has 0 unspecified atom stereocenters. The van der Waals surface area contributed by atoms with Crippen molar-refractivity contribution in [3.05, 3.63) is 48.0 Å². The van der Waals surface area contributed by atoms with E-state index in [2.05, 4.69) is 27.1 Å². The minimum atomic E-state index is 0.208. The standard InChI is InChI=1S/C23H28N6O3/c1-15-14-32-9-8-29(15)21-12-19(24)26-23(28-21)17-10-20(27-22(11-17)31-3)25-13-16-4-6-18(30-2)7-5-16/h4-7,10-12,15H,8-9,13-14H2,1-3H3,(H,25,27)(H2,24,26,28)/t15-/m1/s1. The lowest BCUT2D eigenvalue weighted by molar-refractivity contribution is 0.0985. The molecule has 9 nitrogen and oxygen atoms in total. The third-order valence-corrected chi connectivity index (χ3v) is 5.30. The van der Waals surface area contributed by atoms with Crippen LogP contribution >= 0.6 is 0 Å². The van der Waals surface area contributed by atoms with E-state index in [9.17, 15) is 0 Å². The van der Waals surface area contributed by atoms with Crippen molar-refractivity contribution in [2.45, 2.75) is 19.5 Å². The molecule has 1 atom stereocenters. The summed E-state index contributed by atoms with van der Waals surface area (Å²) in [7, 11) is 3.24. The molecule has 1 aromatic carbocycles. The van der Waals surface area contributed by atoms with Crippen molar-refractivity contribution in [2.24, 2.45) is 0 Å². The first-order valence-corrected chi connectivity index (χ1v) is 10.5. The zero-order chi connectivity index (χ0) is 22.5. The van der Waals surface area contributed by atoms with E-state index in [0.717, 1.165) is 29.2 Å². The quantitative estimate of drug-likeness (QED) is 0.578. The number of anilines is 3. The van der Waals surface area contributed by atoms with Crippen molar-refractivity contribution in [1.29, 1.82) is 0 Å². The van der Waals surface area contributed by atoms with Crippen LogP contribution in [0, 0.1) is 0 Å². The Bertz CT molecular complexity index is 1060. The van der Waals surface area contributed by atoms with Gasteiger partial charge in [-0.2, -0.15) is 4.98 Å². The number of benzene rings is 1. The fourth-order valence-electron chi connectivity index (χ4n) is 3.56. The van der Waals surface area contributed by atoms with Gasteiger partial charge >= 0.3 is 0 Å². The summed E-state index contributed by atoms with van der Waals surface area (Å²) in [6.07, 6.45) is 0. The van der Waals surface area contributed by atoms with Gasteiger partial charge in [-0.05, 0) is 30.7 Å². The third-order valence-electron chi connectivity index (χ3n) is 5.30. The molecule has 32 heavy (non-hydrogen) atoms. The third kappa shape index (κ3) is 5.00. The van der Waals surface area contributed by atoms with Gasteiger partial charge in [-0.25, -0.2) is 9.97 Å². The highest BCUT2D eigenvalue weighted by molar-refractivity contribution is 5.65. The fourth-order valence-corrected chi connectivity index (χ4v) is 3.56. The Hall–Kier alpha value is -3.59. The average Bonchev–Trinajstić information content (AvgIpc) is 2.82. The number of hydrogen-bond acceptors (Lipinski definition) is 9. The number of pyridine rings is 1. The number of nitrogens with zero attached hydrogens (tertiary/aromatic N) is 4. The lowest BCUT2D eigenvalue weighted by Gasteiger charge is -2.34. The van der Waals surface area contributed by atoms with Gasteiger partial charge in [-0.3, -0.25) is 0 Å². The molecule has 2 aromatic heterocycles. The van der Waals surface area contributed by atoms with Crippen LogP contribution in [0.1, 0.15) is 12.5 Å². The molecule has 0 spiro atoms. The molecule has 0 radical (unpaired) electrons. The molecular formula is C23H28N6O3. The van der Waals surface area contributed by atoms with Gasteiger partial charge in [-0.1, -0.05) is 12.1 Å². The lowest BCUT2D eigenvalue weighted by atomic mass is 10.2. The van der Waals surface area contributed by atoms with Crippen molar-refractivity contribution in [3.63, 3.8) is 0 Å². The molecule has 3 heterocycles. The fraction of sp³-hybridized carbons (Fsp3) is 0.348. The number of rotatable bonds is 7. The first-order valence-electron chi connectivity index (χ1n) is 10.5. The molecule has 9 heteroatoms. The summed E-state index contributed by atoms with van der Waals surface area (Å²) in [5.74, 6) is 3.65. The molecule has 1 aliphatic rings. The summed E-state index contributed by atoms with van der Waals surface area (Å²) in [5.41, 5.74) is 8.00. The molecule has 1 fully saturated rings. The van der Waals surface area contributed by atoms with Crippen LogP contribution in [-0.4, -0.2) is 55.0 Å². The second-order valence-electron chi connectivity index (χ2n) is 7.58. The van der Waals surface area contributed by atoms with Crippen molar-refractivity contribution >= 4 is 17.5 Å². The van der Waals surface area contributed by atoms with Crippen molar-refractivity contribution in [3.8, 4) is 23.0 Å². The van der Waals surface area contributed by atoms with Gasteiger partial charge in [0.15, 0.2) is 5.82 Å². The summed E-state index contributed by atoms with van der Waals surface area (Å²) in [6.45, 7) is 4.77. The van der Waals surface area contributed by atoms with Crippen LogP contribution in [0.3, 0.4) is 0 Å². The SMILES string of the molecule is COc1ccc(CNc2cc(-c3nc(N)cc(N4CCOC[C@H]4C)n3)cc(OC)n2)cc1. The molecule has 4 rings (SSSR count). The maximum atomic E-state index is 6.13. The Kier molecular flexibility index (Phi) is 6.55. The van der Waals surface area contributed by atoms with Crippen molar-refractivity contribution in [2.75, 3.05) is 49.9 Å². The highest BCUT2D eigenvalue weighted by atomic mass is 16.5. The average molecular weight is 437 g/mol. The number of nitrogens with one attached hydrogen (secondary N) is 1. The van der Waals surface area contributed by atoms with E-state index >= 15 is 0 Å². The van der Waals surface area contributed by atoms with Crippen molar-refractivity contribution < 1.29 is 14.2 Å². The van der Waals surface area contributed by atoms with Gasteiger partial charge in [0, 0.05) is 30.8 Å². The largest absolute Gasteiger partial charge is 0.497 e. The molecule has 0 aliphatic carbocycles. The smallest absolute Gasteiger partial charge is 0.215 e. The highest BCUT2D eigenvalue weighted by Crippen LogP contribution is 2.27. The monoisotopic (exact) mass is 436 g/mol. The van der Waals surface area contributed by atoms with Crippen LogP contribution in [0.5, 0.6) is 11.6 Å². The van der Waals surface area contributed by atoms with Crippen LogP contribution < -0.4 is 25.4 Å². The molecule has 0 saturated carbocycles. The highest BCUT2D eigenvalue weighted by Gasteiger charge is 2.22. The molecule has 3 N–H and O–H groups in total. The number of nitrogen functional groups attached to an aromatic ring is 1. The number of methoxy groups -OCH3 is 2. The van der Waals surface area contributed by atoms with Crippen LogP contribution in [-0.2, 0) is 11.3 Å². The van der Waals surface area contributed by atoms with Gasteiger partial charge in [0.05, 0.1) is 33.5 Å². The normalized spacial score (nSPS) is 16.0. The van der Waals surface area contributed by atoms with Crippen LogP contribution in [0.4, 0.5) is 17.5 Å². The van der Waals surface area contributed by atoms with E-state index in [1.54, 1.807) is 26.4 Å². The van der Waals surface area contributed by atoms with Gasteiger partial charge in [-0.15, -0.1) is 0 Å². The van der Waals surface area contributed by atoms with Crippen LogP contribution in [0.2, 0.25) is 0 Å².